The Kier molecular flexibility index (Phi) is 7.51. The van der Waals surface area contributed by atoms with Gasteiger partial charge in [0.05, 0.1) is 4.90 Å². The van der Waals surface area contributed by atoms with Crippen LogP contribution in [0.25, 0.3) is 0 Å². The number of amides is 2. The van der Waals surface area contributed by atoms with Crippen molar-refractivity contribution in [3.8, 4) is 0 Å². The van der Waals surface area contributed by atoms with E-state index in [1.54, 1.807) is 48.2 Å². The first kappa shape index (κ1) is 24.5. The van der Waals surface area contributed by atoms with Gasteiger partial charge in [-0.3, -0.25) is 14.3 Å². The fraction of sp³-hybridized carbons (Fsp3) is 0.259. The maximum Gasteiger partial charge on any atom is 0.262 e. The topological polar surface area (TPSA) is 95.6 Å². The molecule has 1 aliphatic heterocycles. The summed E-state index contributed by atoms with van der Waals surface area (Å²) in [6.07, 6.45) is 2.06. The highest BCUT2D eigenvalue weighted by Crippen LogP contribution is 2.24. The summed E-state index contributed by atoms with van der Waals surface area (Å²) in [7, 11) is -3.80. The number of carbonyl (C=O) groups excluding carboxylic acids is 2. The van der Waals surface area contributed by atoms with Crippen molar-refractivity contribution in [2.75, 3.05) is 17.8 Å². The molecule has 35 heavy (non-hydrogen) atoms. The number of hydrogen-bond donors (Lipinski definition) is 2. The molecule has 0 saturated carbocycles. The monoisotopic (exact) mass is 491 g/mol. The van der Waals surface area contributed by atoms with Gasteiger partial charge in [0.1, 0.15) is 6.04 Å². The number of sulfonamides is 1. The van der Waals surface area contributed by atoms with E-state index in [9.17, 15) is 18.0 Å². The summed E-state index contributed by atoms with van der Waals surface area (Å²) in [5.74, 6) is -0.453. The van der Waals surface area contributed by atoms with Crippen LogP contribution < -0.4 is 10.0 Å². The molecule has 0 radical (unpaired) electrons. The lowest BCUT2D eigenvalue weighted by molar-refractivity contribution is -0.124. The lowest BCUT2D eigenvalue weighted by atomic mass is 10.1. The number of benzene rings is 3. The van der Waals surface area contributed by atoms with E-state index >= 15 is 0 Å². The van der Waals surface area contributed by atoms with Crippen molar-refractivity contribution in [3.05, 3.63) is 95.6 Å². The highest BCUT2D eigenvalue weighted by atomic mass is 32.2. The maximum absolute atomic E-state index is 13.3. The lowest BCUT2D eigenvalue weighted by Crippen LogP contribution is -2.46. The van der Waals surface area contributed by atoms with Crippen LogP contribution in [0.2, 0.25) is 0 Å². The zero-order valence-electron chi connectivity index (χ0n) is 19.6. The minimum absolute atomic E-state index is 0.164. The molecule has 2 amide bonds. The van der Waals surface area contributed by atoms with Crippen LogP contribution in [0.3, 0.4) is 0 Å². The number of hydrogen-bond acceptors (Lipinski definition) is 4. The average Bonchev–Trinajstić information content (AvgIpc) is 3.34. The minimum atomic E-state index is -3.80. The molecule has 0 aliphatic carbocycles. The van der Waals surface area contributed by atoms with E-state index < -0.39 is 16.1 Å². The van der Waals surface area contributed by atoms with Crippen molar-refractivity contribution in [3.63, 3.8) is 0 Å². The molecule has 0 bridgehead atoms. The number of anilines is 1. The first-order valence-corrected chi connectivity index (χ1v) is 13.1. The van der Waals surface area contributed by atoms with Crippen molar-refractivity contribution in [1.82, 2.24) is 10.2 Å². The summed E-state index contributed by atoms with van der Waals surface area (Å²) < 4.78 is 28.3. The van der Waals surface area contributed by atoms with Gasteiger partial charge in [0.15, 0.2) is 0 Å². The molecule has 8 heteroatoms. The third-order valence-corrected chi connectivity index (χ3v) is 7.66. The Hall–Kier alpha value is -3.65. The Morgan fingerprint density at radius 2 is 1.71 bits per heavy atom. The van der Waals surface area contributed by atoms with Crippen LogP contribution in [0, 0.1) is 6.92 Å². The molecule has 0 aromatic heterocycles. The Morgan fingerprint density at radius 1 is 0.971 bits per heavy atom. The fourth-order valence-electron chi connectivity index (χ4n) is 4.32. The first-order chi connectivity index (χ1) is 16.8. The molecule has 3 aromatic carbocycles. The summed E-state index contributed by atoms with van der Waals surface area (Å²) >= 11 is 0. The SMILES string of the molecule is Cc1ccccc1S(=O)(=O)Nc1cccc(C(=O)N2CCCC2C(=O)NCCc2ccccc2)c1. The van der Waals surface area contributed by atoms with Crippen LogP contribution in [0.5, 0.6) is 0 Å². The molecule has 1 heterocycles. The molecule has 1 fully saturated rings. The highest BCUT2D eigenvalue weighted by Gasteiger charge is 2.34. The molecular weight excluding hydrogens is 462 g/mol. The van der Waals surface area contributed by atoms with E-state index in [2.05, 4.69) is 10.0 Å². The normalized spacial score (nSPS) is 15.6. The van der Waals surface area contributed by atoms with Gasteiger partial charge in [-0.25, -0.2) is 8.42 Å². The van der Waals surface area contributed by atoms with Gasteiger partial charge in [0.25, 0.3) is 15.9 Å². The number of rotatable bonds is 8. The fourth-order valence-corrected chi connectivity index (χ4v) is 5.62. The molecular formula is C27H29N3O4S. The Labute approximate surface area is 206 Å². The minimum Gasteiger partial charge on any atom is -0.354 e. The summed E-state index contributed by atoms with van der Waals surface area (Å²) in [5.41, 5.74) is 2.39. The van der Waals surface area contributed by atoms with Gasteiger partial charge in [-0.05, 0) is 61.6 Å². The third kappa shape index (κ3) is 5.89. The van der Waals surface area contributed by atoms with E-state index in [-0.39, 0.29) is 16.7 Å². The van der Waals surface area contributed by atoms with Crippen LogP contribution in [0.15, 0.2) is 83.8 Å². The molecule has 4 rings (SSSR count). The molecule has 1 saturated heterocycles. The second-order valence-corrected chi connectivity index (χ2v) is 10.3. The number of likely N-dealkylation sites (tertiary alicyclic amines) is 1. The quantitative estimate of drug-likeness (QED) is 0.502. The van der Waals surface area contributed by atoms with E-state index in [0.717, 1.165) is 18.4 Å². The molecule has 3 aromatic rings. The average molecular weight is 492 g/mol. The van der Waals surface area contributed by atoms with E-state index in [1.165, 1.54) is 12.1 Å². The van der Waals surface area contributed by atoms with Crippen molar-refractivity contribution in [1.29, 1.82) is 0 Å². The molecule has 1 atom stereocenters. The van der Waals surface area contributed by atoms with Gasteiger partial charge in [-0.2, -0.15) is 0 Å². The molecule has 2 N–H and O–H groups in total. The second kappa shape index (κ2) is 10.7. The third-order valence-electron chi connectivity index (χ3n) is 6.12. The Morgan fingerprint density at radius 3 is 2.49 bits per heavy atom. The summed E-state index contributed by atoms with van der Waals surface area (Å²) in [4.78, 5) is 27.9. The van der Waals surface area contributed by atoms with Gasteiger partial charge in [-0.1, -0.05) is 54.6 Å². The zero-order chi connectivity index (χ0) is 24.8. The van der Waals surface area contributed by atoms with Crippen molar-refractivity contribution < 1.29 is 18.0 Å². The molecule has 1 aliphatic rings. The molecule has 0 spiro atoms. The van der Waals surface area contributed by atoms with Gasteiger partial charge < -0.3 is 10.2 Å². The highest BCUT2D eigenvalue weighted by molar-refractivity contribution is 7.92. The molecule has 1 unspecified atom stereocenters. The summed E-state index contributed by atoms with van der Waals surface area (Å²) in [6.45, 7) is 2.71. The maximum atomic E-state index is 13.3. The van der Waals surface area contributed by atoms with Gasteiger partial charge >= 0.3 is 0 Å². The van der Waals surface area contributed by atoms with Crippen LogP contribution >= 0.6 is 0 Å². The zero-order valence-corrected chi connectivity index (χ0v) is 20.4. The predicted octanol–water partition coefficient (Wildman–Crippen LogP) is 3.76. The number of nitrogens with zero attached hydrogens (tertiary/aromatic N) is 1. The van der Waals surface area contributed by atoms with Gasteiger partial charge in [0.2, 0.25) is 5.91 Å². The second-order valence-electron chi connectivity index (χ2n) is 8.63. The van der Waals surface area contributed by atoms with Crippen molar-refractivity contribution in [2.45, 2.75) is 37.1 Å². The van der Waals surface area contributed by atoms with E-state index in [0.29, 0.717) is 36.3 Å². The van der Waals surface area contributed by atoms with Gasteiger partial charge in [-0.15, -0.1) is 0 Å². The van der Waals surface area contributed by atoms with Crippen LogP contribution in [0.4, 0.5) is 5.69 Å². The first-order valence-electron chi connectivity index (χ1n) is 11.7. The smallest absolute Gasteiger partial charge is 0.262 e. The molecule has 182 valence electrons. The summed E-state index contributed by atoms with van der Waals surface area (Å²) in [6, 6.07) is 22.5. The largest absolute Gasteiger partial charge is 0.354 e. The van der Waals surface area contributed by atoms with Crippen LogP contribution in [0.1, 0.15) is 34.3 Å². The van der Waals surface area contributed by atoms with E-state index in [1.807, 2.05) is 30.3 Å². The van der Waals surface area contributed by atoms with Gasteiger partial charge in [0, 0.05) is 24.3 Å². The number of aryl methyl sites for hydroxylation is 1. The van der Waals surface area contributed by atoms with Crippen molar-refractivity contribution in [2.24, 2.45) is 0 Å². The Balaban J connectivity index is 1.42. The van der Waals surface area contributed by atoms with Crippen LogP contribution in [-0.4, -0.2) is 44.3 Å². The summed E-state index contributed by atoms with van der Waals surface area (Å²) in [5, 5.41) is 2.95. The predicted molar refractivity (Wildman–Crippen MR) is 136 cm³/mol. The lowest BCUT2D eigenvalue weighted by Gasteiger charge is -2.24. The van der Waals surface area contributed by atoms with E-state index in [4.69, 9.17) is 0 Å². The number of carbonyl (C=O) groups is 2. The number of nitrogens with one attached hydrogen (secondary N) is 2. The van der Waals surface area contributed by atoms with Crippen LogP contribution in [-0.2, 0) is 21.2 Å². The standard InChI is InChI=1S/C27H29N3O4S/c1-20-9-5-6-15-25(20)35(33,34)29-23-13-7-12-22(19-23)27(32)30-18-8-14-24(30)26(31)28-17-16-21-10-3-2-4-11-21/h2-7,9-13,15,19,24,29H,8,14,16-18H2,1H3,(H,28,31). The van der Waals surface area contributed by atoms with Crippen molar-refractivity contribution >= 4 is 27.5 Å². The Bertz CT molecular complexity index is 1310. The molecule has 7 nitrogen and oxygen atoms in total.